The number of benzene rings is 2. The van der Waals surface area contributed by atoms with Gasteiger partial charge in [-0.2, -0.15) is 0 Å². The molecule has 0 heterocycles. The second-order valence-corrected chi connectivity index (χ2v) is 7.92. The molecule has 2 aromatic rings. The Kier molecular flexibility index (Phi) is 6.73. The third-order valence-corrected chi connectivity index (χ3v) is 5.30. The smallest absolute Gasteiger partial charge is 0.235 e. The first kappa shape index (κ1) is 19.1. The van der Waals surface area contributed by atoms with Gasteiger partial charge in [0.2, 0.25) is 5.91 Å². The van der Waals surface area contributed by atoms with E-state index in [0.29, 0.717) is 5.56 Å². The maximum atomic E-state index is 12.1. The number of hydrogen-bond acceptors (Lipinski definition) is 4. The van der Waals surface area contributed by atoms with Crippen molar-refractivity contribution in [3.8, 4) is 11.1 Å². The lowest BCUT2D eigenvalue weighted by atomic mass is 10.0. The zero-order valence-corrected chi connectivity index (χ0v) is 15.1. The highest BCUT2D eigenvalue weighted by Crippen LogP contribution is 2.21. The lowest BCUT2D eigenvalue weighted by molar-refractivity contribution is -0.118. The van der Waals surface area contributed by atoms with E-state index in [0.717, 1.165) is 17.5 Å². The molecule has 0 atom stereocenters. The van der Waals surface area contributed by atoms with Gasteiger partial charge in [0.15, 0.2) is 9.84 Å². The van der Waals surface area contributed by atoms with Crippen LogP contribution in [0.2, 0.25) is 0 Å². The van der Waals surface area contributed by atoms with Crippen LogP contribution in [0.5, 0.6) is 0 Å². The van der Waals surface area contributed by atoms with Crippen LogP contribution in [-0.4, -0.2) is 38.3 Å². The summed E-state index contributed by atoms with van der Waals surface area (Å²) in [6, 6.07) is 15.6. The Hall–Kier alpha value is -2.18. The SMILES string of the molecule is CCc1ccc(-c2ccc(CS(=O)(=O)CC(=O)NCCO)cc2)cc1. The molecular formula is C19H23NO4S. The lowest BCUT2D eigenvalue weighted by Crippen LogP contribution is -2.32. The molecule has 0 fully saturated rings. The maximum absolute atomic E-state index is 12.1. The van der Waals surface area contributed by atoms with E-state index in [4.69, 9.17) is 5.11 Å². The molecule has 0 radical (unpaired) electrons. The van der Waals surface area contributed by atoms with E-state index < -0.39 is 21.5 Å². The highest BCUT2D eigenvalue weighted by atomic mass is 32.2. The minimum absolute atomic E-state index is 0.0554. The lowest BCUT2D eigenvalue weighted by Gasteiger charge is -2.07. The van der Waals surface area contributed by atoms with Crippen LogP contribution in [0.1, 0.15) is 18.1 Å². The average Bonchev–Trinajstić information content (AvgIpc) is 2.60. The number of sulfone groups is 1. The van der Waals surface area contributed by atoms with Crippen molar-refractivity contribution >= 4 is 15.7 Å². The van der Waals surface area contributed by atoms with Gasteiger partial charge in [-0.25, -0.2) is 8.42 Å². The minimum Gasteiger partial charge on any atom is -0.395 e. The number of rotatable bonds is 8. The first-order chi connectivity index (χ1) is 11.9. The van der Waals surface area contributed by atoms with E-state index in [9.17, 15) is 13.2 Å². The molecule has 0 saturated carbocycles. The molecule has 2 rings (SSSR count). The van der Waals surface area contributed by atoms with Crippen molar-refractivity contribution in [3.05, 3.63) is 59.7 Å². The second kappa shape index (κ2) is 8.78. The van der Waals surface area contributed by atoms with Gasteiger partial charge in [0.1, 0.15) is 5.75 Å². The highest BCUT2D eigenvalue weighted by Gasteiger charge is 2.17. The molecule has 5 nitrogen and oxygen atoms in total. The van der Waals surface area contributed by atoms with E-state index in [1.165, 1.54) is 5.56 Å². The molecule has 25 heavy (non-hydrogen) atoms. The summed E-state index contributed by atoms with van der Waals surface area (Å²) in [6.45, 7) is 1.95. The van der Waals surface area contributed by atoms with Gasteiger partial charge in [-0.1, -0.05) is 55.5 Å². The molecule has 0 aliphatic rings. The van der Waals surface area contributed by atoms with Gasteiger partial charge in [-0.05, 0) is 28.7 Å². The van der Waals surface area contributed by atoms with Crippen LogP contribution in [0.4, 0.5) is 0 Å². The number of hydrogen-bond donors (Lipinski definition) is 2. The van der Waals surface area contributed by atoms with Crippen molar-refractivity contribution in [2.75, 3.05) is 18.9 Å². The fourth-order valence-electron chi connectivity index (χ4n) is 2.48. The van der Waals surface area contributed by atoms with Gasteiger partial charge in [0.25, 0.3) is 0 Å². The molecule has 6 heteroatoms. The molecule has 0 bridgehead atoms. The number of nitrogens with one attached hydrogen (secondary N) is 1. The standard InChI is InChI=1S/C19H23NO4S/c1-2-15-3-7-17(8-4-15)18-9-5-16(6-10-18)13-25(23,24)14-19(22)20-11-12-21/h3-10,21H,2,11-14H2,1H3,(H,20,22). The number of aliphatic hydroxyl groups is 1. The summed E-state index contributed by atoms with van der Waals surface area (Å²) in [4.78, 5) is 11.5. The van der Waals surface area contributed by atoms with Gasteiger partial charge in [-0.3, -0.25) is 4.79 Å². The Bertz CT molecular complexity index is 796. The van der Waals surface area contributed by atoms with Crippen molar-refractivity contribution in [2.45, 2.75) is 19.1 Å². The predicted octanol–water partition coefficient (Wildman–Crippen LogP) is 1.94. The Labute approximate surface area is 148 Å². The number of aliphatic hydroxyl groups excluding tert-OH is 1. The Balaban J connectivity index is 2.02. The van der Waals surface area contributed by atoms with E-state index in [2.05, 4.69) is 36.5 Å². The summed E-state index contributed by atoms with van der Waals surface area (Å²) in [6.07, 6.45) is 0.989. The summed E-state index contributed by atoms with van der Waals surface area (Å²) < 4.78 is 24.2. The number of carbonyl (C=O) groups is 1. The van der Waals surface area contributed by atoms with Crippen molar-refractivity contribution in [1.82, 2.24) is 5.32 Å². The van der Waals surface area contributed by atoms with Crippen molar-refractivity contribution in [3.63, 3.8) is 0 Å². The highest BCUT2D eigenvalue weighted by molar-refractivity contribution is 7.91. The number of aryl methyl sites for hydroxylation is 1. The van der Waals surface area contributed by atoms with Crippen molar-refractivity contribution < 1.29 is 18.3 Å². The van der Waals surface area contributed by atoms with Gasteiger partial charge in [0.05, 0.1) is 12.4 Å². The second-order valence-electron chi connectivity index (χ2n) is 5.85. The van der Waals surface area contributed by atoms with Gasteiger partial charge in [-0.15, -0.1) is 0 Å². The molecule has 0 aliphatic heterocycles. The summed E-state index contributed by atoms with van der Waals surface area (Å²) in [5.41, 5.74) is 4.01. The van der Waals surface area contributed by atoms with Gasteiger partial charge in [0, 0.05) is 6.54 Å². The molecule has 0 aliphatic carbocycles. The van der Waals surface area contributed by atoms with Crippen LogP contribution in [0.25, 0.3) is 11.1 Å². The Morgan fingerprint density at radius 2 is 1.48 bits per heavy atom. The fraction of sp³-hybridized carbons (Fsp3) is 0.316. The van der Waals surface area contributed by atoms with Crippen LogP contribution < -0.4 is 5.32 Å². The first-order valence-electron chi connectivity index (χ1n) is 8.20. The Morgan fingerprint density at radius 1 is 0.960 bits per heavy atom. The summed E-state index contributed by atoms with van der Waals surface area (Å²) in [5, 5.41) is 11.0. The summed E-state index contributed by atoms with van der Waals surface area (Å²) in [7, 11) is -3.54. The fourth-order valence-corrected chi connectivity index (χ4v) is 3.78. The van der Waals surface area contributed by atoms with Crippen LogP contribution in [0.3, 0.4) is 0 Å². The molecule has 0 unspecified atom stereocenters. The van der Waals surface area contributed by atoms with Crippen LogP contribution in [0, 0.1) is 0 Å². The van der Waals surface area contributed by atoms with Crippen molar-refractivity contribution in [2.24, 2.45) is 0 Å². The zero-order valence-electron chi connectivity index (χ0n) is 14.2. The molecule has 2 N–H and O–H groups in total. The Morgan fingerprint density at radius 3 is 1.96 bits per heavy atom. The van der Waals surface area contributed by atoms with E-state index >= 15 is 0 Å². The van der Waals surface area contributed by atoms with Gasteiger partial charge < -0.3 is 10.4 Å². The number of carbonyl (C=O) groups excluding carboxylic acids is 1. The molecule has 2 aromatic carbocycles. The molecule has 1 amide bonds. The number of amides is 1. The van der Waals surface area contributed by atoms with Crippen LogP contribution in [-0.2, 0) is 26.8 Å². The van der Waals surface area contributed by atoms with Crippen molar-refractivity contribution in [1.29, 1.82) is 0 Å². The maximum Gasteiger partial charge on any atom is 0.235 e. The molecule has 0 spiro atoms. The largest absolute Gasteiger partial charge is 0.395 e. The summed E-state index contributed by atoms with van der Waals surface area (Å²) in [5.74, 6) is -1.36. The van der Waals surface area contributed by atoms with Crippen LogP contribution >= 0.6 is 0 Å². The van der Waals surface area contributed by atoms with Crippen LogP contribution in [0.15, 0.2) is 48.5 Å². The third-order valence-electron chi connectivity index (χ3n) is 3.82. The normalized spacial score (nSPS) is 11.3. The third kappa shape index (κ3) is 5.99. The summed E-state index contributed by atoms with van der Waals surface area (Å²) >= 11 is 0. The zero-order chi connectivity index (χ0) is 18.3. The monoisotopic (exact) mass is 361 g/mol. The minimum atomic E-state index is -3.54. The topological polar surface area (TPSA) is 83.5 Å². The van der Waals surface area contributed by atoms with E-state index in [-0.39, 0.29) is 18.9 Å². The first-order valence-corrected chi connectivity index (χ1v) is 10.0. The predicted molar refractivity (Wildman–Crippen MR) is 98.8 cm³/mol. The molecule has 0 saturated heterocycles. The van der Waals surface area contributed by atoms with E-state index in [1.807, 2.05) is 12.1 Å². The van der Waals surface area contributed by atoms with E-state index in [1.54, 1.807) is 12.1 Å². The average molecular weight is 361 g/mol. The molecule has 134 valence electrons. The molecule has 0 aromatic heterocycles. The molecular weight excluding hydrogens is 338 g/mol. The van der Waals surface area contributed by atoms with Gasteiger partial charge >= 0.3 is 0 Å². The quantitative estimate of drug-likeness (QED) is 0.753.